The predicted octanol–water partition coefficient (Wildman–Crippen LogP) is 5.62. The third-order valence-electron chi connectivity index (χ3n) is 6.93. The van der Waals surface area contributed by atoms with E-state index in [1.807, 2.05) is 57.8 Å². The zero-order valence-electron chi connectivity index (χ0n) is 26.2. The molecule has 0 radical (unpaired) electrons. The van der Waals surface area contributed by atoms with Crippen molar-refractivity contribution in [1.82, 2.24) is 15.0 Å². The minimum atomic E-state index is -1.08. The van der Waals surface area contributed by atoms with Gasteiger partial charge in [0.1, 0.15) is 11.8 Å². The van der Waals surface area contributed by atoms with Crippen molar-refractivity contribution >= 4 is 11.9 Å². The molecule has 0 spiro atoms. The van der Waals surface area contributed by atoms with Crippen LogP contribution in [0.5, 0.6) is 5.75 Å². The van der Waals surface area contributed by atoms with Gasteiger partial charge in [0.05, 0.1) is 24.9 Å². The summed E-state index contributed by atoms with van der Waals surface area (Å²) < 4.78 is 20.9. The molecular weight excluding hydrogens is 548 g/mol. The van der Waals surface area contributed by atoms with Gasteiger partial charge in [-0.2, -0.15) is 10.2 Å². The number of ether oxygens (including phenoxy) is 3. The molecule has 1 aliphatic heterocycles. The Bertz CT molecular complexity index is 1420. The lowest BCUT2D eigenvalue weighted by Gasteiger charge is -2.43. The van der Waals surface area contributed by atoms with Crippen LogP contribution in [0.4, 0.5) is 0 Å². The van der Waals surface area contributed by atoms with E-state index in [9.17, 15) is 14.9 Å². The summed E-state index contributed by atoms with van der Waals surface area (Å²) in [6.07, 6.45) is 3.33. The molecule has 2 aromatic carbocycles. The van der Waals surface area contributed by atoms with Crippen molar-refractivity contribution in [2.24, 2.45) is 5.41 Å². The van der Waals surface area contributed by atoms with E-state index in [1.54, 1.807) is 26.0 Å². The zero-order chi connectivity index (χ0) is 31.6. The van der Waals surface area contributed by atoms with E-state index in [1.165, 1.54) is 17.5 Å². The maximum atomic E-state index is 11.7. The Morgan fingerprint density at radius 1 is 1.07 bits per heavy atom. The number of carbonyl (C=O) groups is 2. The second-order valence-corrected chi connectivity index (χ2v) is 10.4. The summed E-state index contributed by atoms with van der Waals surface area (Å²) in [6.45, 7) is 12.6. The van der Waals surface area contributed by atoms with Gasteiger partial charge in [0.2, 0.25) is 5.82 Å². The standard InChI is InChI=1S/C21H19N3O2.C10H17NO4.C2H6/c1-13(2)25-19-10-9-15(11-16(19)12-22)21-23-20(24-26-21)18-8-4-6-14-5-3-7-17(14)18;1-4-14-8(12)10(6-11(3)7-10)9(13)15-5-2;1-2/h4,6,8-11,13H,3,5,7H2,1-2H3;4-7H2,1-3H3;1-2H3. The Morgan fingerprint density at radius 3 is 2.33 bits per heavy atom. The number of aromatic nitrogens is 2. The Kier molecular flexibility index (Phi) is 11.8. The lowest BCUT2D eigenvalue weighted by Crippen LogP contribution is -2.64. The largest absolute Gasteiger partial charge is 0.490 e. The molecule has 1 fully saturated rings. The number of aryl methyl sites for hydroxylation is 1. The first-order valence-corrected chi connectivity index (χ1v) is 14.9. The molecule has 0 atom stereocenters. The molecule has 230 valence electrons. The van der Waals surface area contributed by atoms with Gasteiger partial charge >= 0.3 is 11.9 Å². The monoisotopic (exact) mass is 590 g/mol. The van der Waals surface area contributed by atoms with E-state index in [0.717, 1.165) is 18.4 Å². The van der Waals surface area contributed by atoms with E-state index >= 15 is 0 Å². The summed E-state index contributed by atoms with van der Waals surface area (Å²) in [7, 11) is 1.84. The highest BCUT2D eigenvalue weighted by molar-refractivity contribution is 6.01. The van der Waals surface area contributed by atoms with E-state index in [-0.39, 0.29) is 19.3 Å². The molecule has 10 nitrogen and oxygen atoms in total. The lowest BCUT2D eigenvalue weighted by molar-refractivity contribution is -0.184. The van der Waals surface area contributed by atoms with Gasteiger partial charge < -0.3 is 23.6 Å². The van der Waals surface area contributed by atoms with Crippen LogP contribution in [0.2, 0.25) is 0 Å². The van der Waals surface area contributed by atoms with E-state index in [2.05, 4.69) is 22.3 Å². The van der Waals surface area contributed by atoms with E-state index in [4.69, 9.17) is 18.7 Å². The molecule has 1 aliphatic carbocycles. The molecule has 0 saturated carbocycles. The minimum absolute atomic E-state index is 0.00290. The quantitative estimate of drug-likeness (QED) is 0.241. The molecule has 2 heterocycles. The number of benzene rings is 2. The lowest BCUT2D eigenvalue weighted by atomic mass is 9.80. The second kappa shape index (κ2) is 15.3. The van der Waals surface area contributed by atoms with Crippen LogP contribution in [-0.4, -0.2) is 66.4 Å². The number of nitrogens with zero attached hydrogens (tertiary/aromatic N) is 4. The van der Waals surface area contributed by atoms with Crippen molar-refractivity contribution in [3.05, 3.63) is 53.1 Å². The fourth-order valence-electron chi connectivity index (χ4n) is 5.14. The number of esters is 2. The van der Waals surface area contributed by atoms with Crippen LogP contribution in [0.1, 0.15) is 64.7 Å². The third kappa shape index (κ3) is 7.59. The van der Waals surface area contributed by atoms with Crippen LogP contribution in [0.15, 0.2) is 40.9 Å². The Morgan fingerprint density at radius 2 is 1.74 bits per heavy atom. The molecular formula is C33H42N4O6. The average Bonchev–Trinajstić information content (AvgIpc) is 3.67. The molecule has 3 aromatic rings. The smallest absolute Gasteiger partial charge is 0.326 e. The van der Waals surface area contributed by atoms with Crippen LogP contribution >= 0.6 is 0 Å². The second-order valence-electron chi connectivity index (χ2n) is 10.4. The van der Waals surface area contributed by atoms with Crippen molar-refractivity contribution in [1.29, 1.82) is 5.26 Å². The molecule has 2 aliphatic rings. The van der Waals surface area contributed by atoms with E-state index in [0.29, 0.717) is 41.7 Å². The highest BCUT2D eigenvalue weighted by Crippen LogP contribution is 2.34. The first-order valence-electron chi connectivity index (χ1n) is 14.9. The van der Waals surface area contributed by atoms with Crippen molar-refractivity contribution < 1.29 is 28.3 Å². The highest BCUT2D eigenvalue weighted by atomic mass is 16.6. The highest BCUT2D eigenvalue weighted by Gasteiger charge is 2.56. The number of hydrogen-bond donors (Lipinski definition) is 0. The van der Waals surface area contributed by atoms with Crippen LogP contribution < -0.4 is 4.74 Å². The summed E-state index contributed by atoms with van der Waals surface area (Å²) in [5.41, 5.74) is 3.81. The zero-order valence-corrected chi connectivity index (χ0v) is 26.2. The van der Waals surface area contributed by atoms with Crippen molar-refractivity contribution in [3.8, 4) is 34.7 Å². The van der Waals surface area contributed by atoms with Crippen LogP contribution in [0.25, 0.3) is 22.8 Å². The molecule has 0 N–H and O–H groups in total. The fourth-order valence-corrected chi connectivity index (χ4v) is 5.14. The number of nitriles is 1. The van der Waals surface area contributed by atoms with Gasteiger partial charge in [0, 0.05) is 24.2 Å². The van der Waals surface area contributed by atoms with E-state index < -0.39 is 17.4 Å². The summed E-state index contributed by atoms with van der Waals surface area (Å²) >= 11 is 0. The van der Waals surface area contributed by atoms with Gasteiger partial charge in [-0.05, 0) is 83.3 Å². The maximum absolute atomic E-state index is 11.7. The Balaban J connectivity index is 0.000000255. The first-order chi connectivity index (χ1) is 20.7. The molecule has 0 bridgehead atoms. The summed E-state index contributed by atoms with van der Waals surface area (Å²) in [6, 6.07) is 13.8. The third-order valence-corrected chi connectivity index (χ3v) is 6.93. The average molecular weight is 591 g/mol. The molecule has 10 heteroatoms. The minimum Gasteiger partial charge on any atom is -0.490 e. The number of hydrogen-bond acceptors (Lipinski definition) is 10. The summed E-state index contributed by atoms with van der Waals surface area (Å²) in [4.78, 5) is 29.8. The van der Waals surface area contributed by atoms with Gasteiger partial charge in [0.25, 0.3) is 5.89 Å². The summed E-state index contributed by atoms with van der Waals surface area (Å²) in [5, 5.41) is 13.6. The SMILES string of the molecule is CC.CC(C)Oc1ccc(-c2nc(-c3cccc4c3CCC4)no2)cc1C#N.CCOC(=O)C1(C(=O)OCC)CN(C)C1. The number of fused-ring (bicyclic) bond motifs is 1. The maximum Gasteiger partial charge on any atom is 0.326 e. The topological polar surface area (TPSA) is 128 Å². The van der Waals surface area contributed by atoms with Gasteiger partial charge in [-0.1, -0.05) is 37.2 Å². The van der Waals surface area contributed by atoms with Gasteiger partial charge in [0.15, 0.2) is 5.41 Å². The van der Waals surface area contributed by atoms with Gasteiger partial charge in [-0.25, -0.2) is 0 Å². The molecule has 0 unspecified atom stereocenters. The number of likely N-dealkylation sites (tertiary alicyclic amines) is 1. The molecule has 43 heavy (non-hydrogen) atoms. The number of carbonyl (C=O) groups excluding carboxylic acids is 2. The normalized spacial score (nSPS) is 14.6. The fraction of sp³-hybridized carbons (Fsp3) is 0.485. The van der Waals surface area contributed by atoms with Crippen molar-refractivity contribution in [3.63, 3.8) is 0 Å². The van der Waals surface area contributed by atoms with Crippen molar-refractivity contribution in [2.45, 2.75) is 66.9 Å². The Hall–Kier alpha value is -4.23. The predicted molar refractivity (Wildman–Crippen MR) is 162 cm³/mol. The van der Waals surface area contributed by atoms with Crippen molar-refractivity contribution in [2.75, 3.05) is 33.4 Å². The van der Waals surface area contributed by atoms with Crippen LogP contribution in [0, 0.1) is 16.7 Å². The van der Waals surface area contributed by atoms with Crippen LogP contribution in [0.3, 0.4) is 0 Å². The van der Waals surface area contributed by atoms with Crippen LogP contribution in [-0.2, 0) is 31.9 Å². The number of rotatable bonds is 8. The summed E-state index contributed by atoms with van der Waals surface area (Å²) in [5.74, 6) is 0.623. The molecule has 0 amide bonds. The molecule has 1 saturated heterocycles. The van der Waals surface area contributed by atoms with Gasteiger partial charge in [-0.15, -0.1) is 0 Å². The Labute approximate surface area is 253 Å². The van der Waals surface area contributed by atoms with Gasteiger partial charge in [-0.3, -0.25) is 9.59 Å². The molecule has 1 aromatic heterocycles. The first kappa shape index (κ1) is 33.3. The molecule has 5 rings (SSSR count).